The Balaban J connectivity index is 1.59. The number of nitriles is 1. The smallest absolute Gasteiger partial charge is 0.187 e. The molecule has 4 heteroatoms. The van der Waals surface area contributed by atoms with Gasteiger partial charge in [0, 0.05) is 12.3 Å². The first-order valence-electron chi connectivity index (χ1n) is 6.59. The van der Waals surface area contributed by atoms with Crippen molar-refractivity contribution < 1.29 is 9.47 Å². The standard InChI is InChI=1S/C13H12BrNO2/c14-12-7-5-6(7)11(1-2-15)9(10(11)12)8(5)13(12)16-3-4-17-13/h5-10H,1,3-4H2/t5-,6-,7+,8+,9+,10+,11-,12-/m0/s1. The van der Waals surface area contributed by atoms with E-state index in [9.17, 15) is 0 Å². The third-order valence-corrected chi connectivity index (χ3v) is 8.53. The maximum absolute atomic E-state index is 9.11. The van der Waals surface area contributed by atoms with Crippen LogP contribution in [0.15, 0.2) is 0 Å². The Bertz CT molecular complexity index is 524. The Morgan fingerprint density at radius 2 is 1.94 bits per heavy atom. The fraction of sp³-hybridized carbons (Fsp3) is 0.923. The third kappa shape index (κ3) is 0.505. The minimum absolute atomic E-state index is 0.0675. The van der Waals surface area contributed by atoms with E-state index in [1.54, 1.807) is 0 Å². The van der Waals surface area contributed by atoms with Crippen molar-refractivity contribution in [3.8, 4) is 6.07 Å². The maximum atomic E-state index is 9.11. The summed E-state index contributed by atoms with van der Waals surface area (Å²) in [5.74, 6) is 4.05. The van der Waals surface area contributed by atoms with E-state index in [2.05, 4.69) is 22.0 Å². The lowest BCUT2D eigenvalue weighted by atomic mass is 9.92. The molecule has 1 aliphatic heterocycles. The summed E-state index contributed by atoms with van der Waals surface area (Å²) in [6.07, 6.45) is 0.764. The largest absolute Gasteiger partial charge is 0.346 e. The van der Waals surface area contributed by atoms with E-state index in [0.29, 0.717) is 17.3 Å². The first kappa shape index (κ1) is 8.90. The predicted molar refractivity (Wildman–Crippen MR) is 59.9 cm³/mol. The van der Waals surface area contributed by atoms with Gasteiger partial charge in [-0.1, -0.05) is 15.9 Å². The van der Waals surface area contributed by atoms with Gasteiger partial charge in [-0.3, -0.25) is 0 Å². The van der Waals surface area contributed by atoms with Gasteiger partial charge in [0.25, 0.3) is 0 Å². The maximum Gasteiger partial charge on any atom is 0.187 e. The van der Waals surface area contributed by atoms with Gasteiger partial charge in [0.1, 0.15) is 0 Å². The zero-order valence-corrected chi connectivity index (χ0v) is 10.8. The molecule has 88 valence electrons. The molecule has 0 aromatic carbocycles. The van der Waals surface area contributed by atoms with Crippen LogP contribution in [-0.2, 0) is 9.47 Å². The zero-order valence-electron chi connectivity index (χ0n) is 9.23. The minimum Gasteiger partial charge on any atom is -0.346 e. The minimum atomic E-state index is -0.302. The van der Waals surface area contributed by atoms with E-state index in [1.165, 1.54) is 0 Å². The van der Waals surface area contributed by atoms with Crippen molar-refractivity contribution in [3.05, 3.63) is 0 Å². The molecule has 1 heterocycles. The second-order valence-corrected chi connectivity index (χ2v) is 8.05. The van der Waals surface area contributed by atoms with Crippen molar-refractivity contribution in [1.82, 2.24) is 0 Å². The number of hydrogen-bond donors (Lipinski definition) is 0. The van der Waals surface area contributed by atoms with E-state index < -0.39 is 0 Å². The summed E-state index contributed by atoms with van der Waals surface area (Å²) in [5, 5.41) is 9.11. The van der Waals surface area contributed by atoms with Crippen molar-refractivity contribution in [3.63, 3.8) is 0 Å². The van der Waals surface area contributed by atoms with Gasteiger partial charge in [-0.05, 0) is 35.0 Å². The number of halogens is 1. The number of ether oxygens (including phenoxy) is 2. The van der Waals surface area contributed by atoms with Gasteiger partial charge in [-0.25, -0.2) is 0 Å². The van der Waals surface area contributed by atoms with E-state index in [1.807, 2.05) is 0 Å². The Labute approximate surface area is 108 Å². The van der Waals surface area contributed by atoms with Crippen molar-refractivity contribution in [2.75, 3.05) is 13.2 Å². The summed E-state index contributed by atoms with van der Waals surface area (Å²) in [6, 6.07) is 2.44. The molecule has 0 N–H and O–H groups in total. The molecule has 7 rings (SSSR count). The lowest BCUT2D eigenvalue weighted by Gasteiger charge is -2.37. The van der Waals surface area contributed by atoms with Crippen LogP contribution in [0.4, 0.5) is 0 Å². The quantitative estimate of drug-likeness (QED) is 0.689. The van der Waals surface area contributed by atoms with Crippen molar-refractivity contribution in [2.24, 2.45) is 40.9 Å². The van der Waals surface area contributed by atoms with E-state index in [4.69, 9.17) is 14.7 Å². The van der Waals surface area contributed by atoms with Crippen molar-refractivity contribution in [1.29, 1.82) is 5.26 Å². The van der Waals surface area contributed by atoms with Crippen LogP contribution in [0.3, 0.4) is 0 Å². The summed E-state index contributed by atoms with van der Waals surface area (Å²) in [6.45, 7) is 1.50. The molecule has 0 radical (unpaired) electrons. The second kappa shape index (κ2) is 2.01. The van der Waals surface area contributed by atoms with E-state index in [-0.39, 0.29) is 10.1 Å². The Morgan fingerprint density at radius 3 is 2.47 bits per heavy atom. The summed E-state index contributed by atoms with van der Waals surface area (Å²) >= 11 is 4.05. The van der Waals surface area contributed by atoms with E-state index in [0.717, 1.165) is 43.3 Å². The van der Waals surface area contributed by atoms with Crippen LogP contribution in [0.5, 0.6) is 0 Å². The molecule has 17 heavy (non-hydrogen) atoms. The van der Waals surface area contributed by atoms with Crippen LogP contribution in [0, 0.1) is 52.3 Å². The lowest BCUT2D eigenvalue weighted by Crippen LogP contribution is -2.50. The predicted octanol–water partition coefficient (Wildman–Crippen LogP) is 1.53. The molecule has 7 fully saturated rings. The highest BCUT2D eigenvalue weighted by Crippen LogP contribution is 3.05. The molecule has 1 saturated heterocycles. The molecule has 0 unspecified atom stereocenters. The van der Waals surface area contributed by atoms with Crippen LogP contribution in [0.25, 0.3) is 0 Å². The Kier molecular flexibility index (Phi) is 1.05. The molecule has 8 atom stereocenters. The van der Waals surface area contributed by atoms with Gasteiger partial charge in [0.05, 0.1) is 23.6 Å². The Morgan fingerprint density at radius 1 is 1.18 bits per heavy atom. The summed E-state index contributed by atoms with van der Waals surface area (Å²) < 4.78 is 12.2. The van der Waals surface area contributed by atoms with Gasteiger partial charge in [-0.2, -0.15) is 5.26 Å². The third-order valence-electron chi connectivity index (χ3n) is 6.96. The number of rotatable bonds is 1. The molecule has 2 bridgehead atoms. The number of alkyl halides is 1. The summed E-state index contributed by atoms with van der Waals surface area (Å²) in [7, 11) is 0. The molecule has 1 spiro atoms. The van der Waals surface area contributed by atoms with Crippen LogP contribution in [0.2, 0.25) is 0 Å². The van der Waals surface area contributed by atoms with Gasteiger partial charge >= 0.3 is 0 Å². The lowest BCUT2D eigenvalue weighted by molar-refractivity contribution is -0.192. The second-order valence-electron chi connectivity index (χ2n) is 6.74. The fourth-order valence-electron chi connectivity index (χ4n) is 7.09. The molecule has 7 aliphatic rings. The molecule has 0 aromatic rings. The first-order chi connectivity index (χ1) is 8.25. The summed E-state index contributed by atoms with van der Waals surface area (Å²) in [5.41, 5.74) is 0.374. The summed E-state index contributed by atoms with van der Waals surface area (Å²) in [4.78, 5) is 0. The zero-order chi connectivity index (χ0) is 11.2. The highest BCUT2D eigenvalue weighted by atomic mass is 79.9. The van der Waals surface area contributed by atoms with Crippen LogP contribution in [0.1, 0.15) is 6.42 Å². The normalized spacial score (nSPS) is 73.2. The van der Waals surface area contributed by atoms with E-state index >= 15 is 0 Å². The van der Waals surface area contributed by atoms with Crippen LogP contribution < -0.4 is 0 Å². The van der Waals surface area contributed by atoms with Gasteiger partial charge in [-0.15, -0.1) is 0 Å². The molecule has 0 aromatic heterocycles. The SMILES string of the molecule is N#CC[C@@]12[C@@H]3[C@H]4[C@H]5[C@H]1[C@@H]5[C@](Br)([C@H]32)C41OCCO1. The highest BCUT2D eigenvalue weighted by Gasteiger charge is 3.08. The van der Waals surface area contributed by atoms with Crippen LogP contribution >= 0.6 is 15.9 Å². The Hall–Kier alpha value is -0.110. The van der Waals surface area contributed by atoms with Gasteiger partial charge in [0.15, 0.2) is 5.79 Å². The monoisotopic (exact) mass is 293 g/mol. The van der Waals surface area contributed by atoms with Crippen LogP contribution in [-0.4, -0.2) is 23.3 Å². The molecular weight excluding hydrogens is 282 g/mol. The van der Waals surface area contributed by atoms with Crippen molar-refractivity contribution in [2.45, 2.75) is 16.5 Å². The molecule has 0 amide bonds. The number of hydrogen-bond acceptors (Lipinski definition) is 3. The molecular formula is C13H12BrNO2. The molecule has 6 saturated carbocycles. The van der Waals surface area contributed by atoms with Crippen molar-refractivity contribution >= 4 is 15.9 Å². The van der Waals surface area contributed by atoms with Gasteiger partial charge < -0.3 is 9.47 Å². The highest BCUT2D eigenvalue weighted by molar-refractivity contribution is 9.10. The average Bonchev–Trinajstić information content (AvgIpc) is 2.99. The molecule has 3 nitrogen and oxygen atoms in total. The topological polar surface area (TPSA) is 42.2 Å². The first-order valence-corrected chi connectivity index (χ1v) is 7.38. The van der Waals surface area contributed by atoms with Gasteiger partial charge in [0.2, 0.25) is 0 Å². The number of nitrogens with zero attached hydrogens (tertiary/aromatic N) is 1. The fourth-order valence-corrected chi connectivity index (χ4v) is 8.89. The average molecular weight is 294 g/mol. The molecule has 6 aliphatic carbocycles.